The van der Waals surface area contributed by atoms with Gasteiger partial charge in [0, 0.05) is 101 Å². The molecule has 6 rings (SSSR count). The number of Topliss-reactive ketones (excluding diaryl/α,β-unsaturated/α-hetero) is 2. The number of nitriles is 2. The number of methoxy groups -OCH3 is 2. The zero-order chi connectivity index (χ0) is 37.1. The summed E-state index contributed by atoms with van der Waals surface area (Å²) in [4.78, 5) is 44.5. The van der Waals surface area contributed by atoms with Crippen LogP contribution < -0.4 is 4.73 Å². The molecule has 4 heterocycles. The molecule has 2 aliphatic carbocycles. The molecule has 268 valence electrons. The van der Waals surface area contributed by atoms with E-state index < -0.39 is 0 Å². The second-order valence-electron chi connectivity index (χ2n) is 14.0. The van der Waals surface area contributed by atoms with Gasteiger partial charge >= 0.3 is 5.97 Å². The molecule has 2 fully saturated rings. The lowest BCUT2D eigenvalue weighted by Gasteiger charge is -2.41. The minimum atomic E-state index is -0.381. The van der Waals surface area contributed by atoms with Crippen molar-refractivity contribution < 1.29 is 38.5 Å². The number of hydrogen-bond donors (Lipinski definition) is 1. The molecule has 0 amide bonds. The summed E-state index contributed by atoms with van der Waals surface area (Å²) in [7, 11) is 3.43. The highest BCUT2D eigenvalue weighted by Gasteiger charge is 2.37. The van der Waals surface area contributed by atoms with E-state index in [1.54, 1.807) is 33.5 Å². The van der Waals surface area contributed by atoms with Crippen LogP contribution in [0.4, 0.5) is 0 Å². The molecule has 2 aromatic rings. The van der Waals surface area contributed by atoms with Crippen LogP contribution in [0.2, 0.25) is 0 Å². The van der Waals surface area contributed by atoms with Crippen molar-refractivity contribution in [1.82, 2.24) is 14.8 Å². The largest absolute Gasteiger partial charge is 0.459 e. The predicted octanol–water partition coefficient (Wildman–Crippen LogP) is 3.39. The van der Waals surface area contributed by atoms with Crippen molar-refractivity contribution in [3.05, 3.63) is 69.3 Å². The molecule has 2 saturated heterocycles. The van der Waals surface area contributed by atoms with Crippen molar-refractivity contribution >= 4 is 28.9 Å². The Labute approximate surface area is 298 Å². The van der Waals surface area contributed by atoms with Crippen LogP contribution in [0.5, 0.6) is 0 Å². The number of rotatable bonds is 6. The summed E-state index contributed by atoms with van der Waals surface area (Å²) < 4.78 is 17.2. The van der Waals surface area contributed by atoms with Gasteiger partial charge in [-0.3, -0.25) is 24.6 Å². The zero-order valence-corrected chi connectivity index (χ0v) is 30.2. The summed E-state index contributed by atoms with van der Waals surface area (Å²) >= 11 is 0. The molecular formula is C38H45N6O7+. The number of ether oxygens (including phenoxy) is 3. The highest BCUT2D eigenvalue weighted by atomic mass is 16.5. The van der Waals surface area contributed by atoms with E-state index in [-0.39, 0.29) is 59.3 Å². The Morgan fingerprint density at radius 1 is 0.882 bits per heavy atom. The van der Waals surface area contributed by atoms with Gasteiger partial charge in [-0.15, -0.1) is 0 Å². The third kappa shape index (κ3) is 7.80. The zero-order valence-electron chi connectivity index (χ0n) is 30.2. The first-order chi connectivity index (χ1) is 24.2. The second-order valence-corrected chi connectivity index (χ2v) is 14.0. The number of carbonyl (C=O) groups is 3. The van der Waals surface area contributed by atoms with Gasteiger partial charge in [0.2, 0.25) is 11.9 Å². The number of aryl methyl sites for hydroxylation is 1. The monoisotopic (exact) mass is 697 g/mol. The van der Waals surface area contributed by atoms with Gasteiger partial charge in [-0.05, 0) is 51.2 Å². The predicted molar refractivity (Wildman–Crippen MR) is 183 cm³/mol. The number of likely N-dealkylation sites (tertiary alicyclic amines) is 2. The Balaban J connectivity index is 0.000000199. The lowest BCUT2D eigenvalue weighted by molar-refractivity contribution is -0.909. The van der Waals surface area contributed by atoms with Crippen molar-refractivity contribution in [1.29, 1.82) is 10.5 Å². The first kappa shape index (κ1) is 37.2. The van der Waals surface area contributed by atoms with Crippen LogP contribution in [0, 0.1) is 29.6 Å². The first-order valence-electron chi connectivity index (χ1n) is 17.1. The van der Waals surface area contributed by atoms with Crippen LogP contribution in [-0.4, -0.2) is 89.1 Å². The Bertz CT molecular complexity index is 1890. The number of aromatic nitrogens is 2. The number of allylic oxidation sites excluding steroid dienone is 2. The molecule has 1 N–H and O–H groups in total. The third-order valence-corrected chi connectivity index (χ3v) is 10.5. The van der Waals surface area contributed by atoms with Crippen molar-refractivity contribution in [2.45, 2.75) is 84.0 Å². The van der Waals surface area contributed by atoms with Gasteiger partial charge in [0.25, 0.3) is 0 Å². The smallest absolute Gasteiger partial charge is 0.303 e. The van der Waals surface area contributed by atoms with E-state index in [1.807, 2.05) is 12.1 Å². The number of hydrogen-bond acceptors (Lipinski definition) is 12. The van der Waals surface area contributed by atoms with Gasteiger partial charge in [-0.1, -0.05) is 0 Å². The van der Waals surface area contributed by atoms with E-state index in [2.05, 4.69) is 40.8 Å². The van der Waals surface area contributed by atoms with Crippen LogP contribution in [0.25, 0.3) is 11.4 Å². The van der Waals surface area contributed by atoms with Crippen molar-refractivity contribution in [2.24, 2.45) is 0 Å². The third-order valence-electron chi connectivity index (χ3n) is 10.5. The Morgan fingerprint density at radius 2 is 1.35 bits per heavy atom. The minimum absolute atomic E-state index is 0.0630. The van der Waals surface area contributed by atoms with Gasteiger partial charge in [0.1, 0.15) is 29.9 Å². The van der Waals surface area contributed by atoms with Gasteiger partial charge in [0.05, 0.1) is 28.3 Å². The van der Waals surface area contributed by atoms with Gasteiger partial charge < -0.3 is 24.0 Å². The number of carbonyl (C=O) groups excluding carboxylic acids is 3. The van der Waals surface area contributed by atoms with Crippen LogP contribution in [0.3, 0.4) is 0 Å². The molecular weight excluding hydrogens is 652 g/mol. The lowest BCUT2D eigenvalue weighted by Crippen LogP contribution is -2.44. The van der Waals surface area contributed by atoms with E-state index in [4.69, 9.17) is 14.2 Å². The summed E-state index contributed by atoms with van der Waals surface area (Å²) in [6, 6.07) is 7.86. The van der Waals surface area contributed by atoms with E-state index >= 15 is 0 Å². The minimum Gasteiger partial charge on any atom is -0.459 e. The number of piperidine rings is 2. The average molecular weight is 698 g/mol. The fraction of sp³-hybridized carbons (Fsp3) is 0.500. The van der Waals surface area contributed by atoms with Crippen molar-refractivity contribution in [2.75, 3.05) is 40.4 Å². The number of esters is 1. The van der Waals surface area contributed by atoms with Gasteiger partial charge in [-0.25, -0.2) is 0 Å². The molecule has 0 saturated carbocycles. The molecule has 0 aromatic carbocycles. The summed E-state index contributed by atoms with van der Waals surface area (Å²) in [5.74, 6) is -0.758. The fourth-order valence-electron chi connectivity index (χ4n) is 6.95. The van der Waals surface area contributed by atoms with E-state index in [0.29, 0.717) is 35.9 Å². The average Bonchev–Trinajstić information content (AvgIpc) is 3.11. The van der Waals surface area contributed by atoms with Crippen molar-refractivity contribution in [3.8, 4) is 12.1 Å². The highest BCUT2D eigenvalue weighted by molar-refractivity contribution is 6.10. The van der Waals surface area contributed by atoms with E-state index in [0.717, 1.165) is 65.8 Å². The second kappa shape index (κ2) is 15.0. The normalized spacial score (nSPS) is 19.3. The molecule has 2 aromatic heterocycles. The summed E-state index contributed by atoms with van der Waals surface area (Å²) in [6.07, 6.45) is 6.80. The molecule has 13 heteroatoms. The van der Waals surface area contributed by atoms with E-state index in [1.165, 1.54) is 6.92 Å². The summed E-state index contributed by atoms with van der Waals surface area (Å²) in [6.45, 7) is 10.2. The molecule has 13 nitrogen and oxygen atoms in total. The maximum absolute atomic E-state index is 12.5. The number of ketones is 2. The molecule has 0 atom stereocenters. The summed E-state index contributed by atoms with van der Waals surface area (Å²) in [5.41, 5.74) is 5.91. The number of pyridine rings is 2. The number of fused-ring (bicyclic) bond motifs is 2. The maximum atomic E-state index is 12.5. The van der Waals surface area contributed by atoms with Gasteiger partial charge in [-0.2, -0.15) is 10.5 Å². The fourth-order valence-corrected chi connectivity index (χ4v) is 6.95. The molecule has 0 spiro atoms. The topological polar surface area (TPSA) is 170 Å². The SMILES string of the molecule is COC1(C)CCN(C2=C(C#N)C(=O)Cc3c[n+](O)c(C)cc32)CC1.COC1(C)CCN(C2=C(C#N)C(=O)Cc3cnc(COC(C)=O)cc32)CC1. The Hall–Kier alpha value is -5.11. The number of nitrogens with zero attached hydrogens (tertiary/aromatic N) is 6. The molecule has 0 radical (unpaired) electrons. The Morgan fingerprint density at radius 3 is 1.80 bits per heavy atom. The highest BCUT2D eigenvalue weighted by Crippen LogP contribution is 2.38. The molecule has 0 bridgehead atoms. The molecule has 51 heavy (non-hydrogen) atoms. The van der Waals surface area contributed by atoms with Crippen LogP contribution in [0.1, 0.15) is 80.1 Å². The lowest BCUT2D eigenvalue weighted by atomic mass is 9.86. The quantitative estimate of drug-likeness (QED) is 0.266. The van der Waals surface area contributed by atoms with Crippen LogP contribution >= 0.6 is 0 Å². The first-order valence-corrected chi connectivity index (χ1v) is 17.1. The molecule has 2 aliphatic heterocycles. The molecule has 0 unspecified atom stereocenters. The van der Waals surface area contributed by atoms with Crippen molar-refractivity contribution in [3.63, 3.8) is 0 Å². The van der Waals surface area contributed by atoms with Gasteiger partial charge in [0.15, 0.2) is 11.6 Å². The molecule has 4 aliphatic rings. The summed E-state index contributed by atoms with van der Waals surface area (Å²) in [5, 5.41) is 29.0. The maximum Gasteiger partial charge on any atom is 0.303 e. The van der Waals surface area contributed by atoms with Crippen LogP contribution in [0.15, 0.2) is 35.7 Å². The Kier molecular flexibility index (Phi) is 10.9. The van der Waals surface area contributed by atoms with Crippen LogP contribution in [-0.2, 0) is 48.0 Å². The standard InChI is InChI=1S/C20H23N3O4.C18H22N3O3/c1-13(24)27-12-15-9-16-14(11-22-15)8-18(25)17(10-21)19(16)23-6-4-20(2,26-3)5-7-23;1-12-8-14-13(11-21(12)23)9-16(22)15(10-19)17(14)20-6-4-18(2,24-3)5-7-20/h9,11H,4-8,12H2,1-3H3;8,11,23H,4-7,9H2,1-3H3/q;+1. The van der Waals surface area contributed by atoms with E-state index in [9.17, 15) is 30.1 Å².